The summed E-state index contributed by atoms with van der Waals surface area (Å²) in [6, 6.07) is 5.95. The molecule has 0 aliphatic rings. The van der Waals surface area contributed by atoms with E-state index in [2.05, 4.69) is 10.6 Å². The molecule has 0 fully saturated rings. The van der Waals surface area contributed by atoms with E-state index in [0.29, 0.717) is 5.69 Å². The number of urea groups is 1. The predicted molar refractivity (Wildman–Crippen MR) is 73.8 cm³/mol. The van der Waals surface area contributed by atoms with E-state index < -0.39 is 29.5 Å². The number of para-hydroxylation sites is 1. The number of halogens is 2. The van der Waals surface area contributed by atoms with Gasteiger partial charge < -0.3 is 20.3 Å². The molecule has 0 bridgehead atoms. The first-order valence-corrected chi connectivity index (χ1v) is 6.27. The van der Waals surface area contributed by atoms with Crippen LogP contribution in [0.3, 0.4) is 0 Å². The molecule has 1 aromatic carbocycles. The van der Waals surface area contributed by atoms with Gasteiger partial charge in [-0.05, 0) is 24.3 Å². The van der Waals surface area contributed by atoms with Gasteiger partial charge in [-0.25, -0.2) is 13.6 Å². The maximum atomic E-state index is 13.4. The molecule has 1 aromatic heterocycles. The fourth-order valence-corrected chi connectivity index (χ4v) is 1.89. The third kappa shape index (κ3) is 3.57. The number of amides is 2. The average molecular weight is 295 g/mol. The van der Waals surface area contributed by atoms with Crippen molar-refractivity contribution >= 4 is 11.7 Å². The van der Waals surface area contributed by atoms with Gasteiger partial charge in [0.05, 0.1) is 6.54 Å². The molecule has 0 radical (unpaired) electrons. The molecule has 1 heterocycles. The Morgan fingerprint density at radius 3 is 2.52 bits per heavy atom. The Hall–Kier alpha value is -2.41. The number of rotatable bonds is 4. The third-order valence-corrected chi connectivity index (χ3v) is 2.98. The van der Waals surface area contributed by atoms with Gasteiger partial charge in [0.1, 0.15) is 23.4 Å². The molecule has 0 saturated carbocycles. The number of aliphatic hydroxyl groups is 1. The zero-order valence-electron chi connectivity index (χ0n) is 11.3. The first-order valence-electron chi connectivity index (χ1n) is 6.27. The van der Waals surface area contributed by atoms with Crippen molar-refractivity contribution < 1.29 is 18.7 Å². The number of nitrogens with one attached hydrogen (secondary N) is 2. The Morgan fingerprint density at radius 1 is 1.29 bits per heavy atom. The molecule has 1 unspecified atom stereocenters. The molecule has 0 aliphatic heterocycles. The van der Waals surface area contributed by atoms with Crippen LogP contribution in [0.4, 0.5) is 19.3 Å². The smallest absolute Gasteiger partial charge is 0.319 e. The predicted octanol–water partition coefficient (Wildman–Crippen LogP) is 2.16. The number of aryl methyl sites for hydroxylation is 1. The number of carbonyl (C=O) groups is 1. The zero-order valence-corrected chi connectivity index (χ0v) is 11.3. The van der Waals surface area contributed by atoms with Crippen LogP contribution >= 0.6 is 0 Å². The highest BCUT2D eigenvalue weighted by Gasteiger charge is 2.14. The van der Waals surface area contributed by atoms with E-state index in [1.54, 1.807) is 29.9 Å². The first-order chi connectivity index (χ1) is 9.99. The molecule has 2 aromatic rings. The lowest BCUT2D eigenvalue weighted by atomic mass is 10.2. The molecule has 1 atom stereocenters. The highest BCUT2D eigenvalue weighted by Crippen LogP contribution is 2.17. The lowest BCUT2D eigenvalue weighted by molar-refractivity contribution is 0.167. The van der Waals surface area contributed by atoms with Crippen molar-refractivity contribution in [1.82, 2.24) is 9.88 Å². The number of nitrogens with zero attached hydrogens (tertiary/aromatic N) is 1. The molecule has 7 heteroatoms. The van der Waals surface area contributed by atoms with Crippen LogP contribution < -0.4 is 10.6 Å². The fourth-order valence-electron chi connectivity index (χ4n) is 1.89. The molecule has 2 amide bonds. The molecule has 21 heavy (non-hydrogen) atoms. The van der Waals surface area contributed by atoms with Gasteiger partial charge in [0.15, 0.2) is 0 Å². The van der Waals surface area contributed by atoms with Crippen LogP contribution in [0.1, 0.15) is 11.8 Å². The molecule has 0 aliphatic carbocycles. The van der Waals surface area contributed by atoms with E-state index in [1.165, 1.54) is 6.07 Å². The molecule has 0 spiro atoms. The van der Waals surface area contributed by atoms with Gasteiger partial charge >= 0.3 is 6.03 Å². The summed E-state index contributed by atoms with van der Waals surface area (Å²) in [6.07, 6.45) is 0.842. The quantitative estimate of drug-likeness (QED) is 0.809. The molecule has 2 rings (SSSR count). The summed E-state index contributed by atoms with van der Waals surface area (Å²) in [5.74, 6) is -1.73. The second-order valence-electron chi connectivity index (χ2n) is 4.49. The molecular formula is C14H15F2N3O2. The van der Waals surface area contributed by atoms with E-state index in [4.69, 9.17) is 0 Å². The van der Waals surface area contributed by atoms with Crippen LogP contribution in [0.25, 0.3) is 0 Å². The third-order valence-electron chi connectivity index (χ3n) is 2.98. The van der Waals surface area contributed by atoms with E-state index in [0.717, 1.165) is 12.1 Å². The summed E-state index contributed by atoms with van der Waals surface area (Å²) in [4.78, 5) is 11.6. The van der Waals surface area contributed by atoms with Gasteiger partial charge in [-0.3, -0.25) is 0 Å². The molecule has 3 N–H and O–H groups in total. The summed E-state index contributed by atoms with van der Waals surface area (Å²) in [5.41, 5.74) is 0.0933. The Morgan fingerprint density at radius 2 is 1.95 bits per heavy atom. The summed E-state index contributed by atoms with van der Waals surface area (Å²) >= 11 is 0. The number of benzene rings is 1. The molecule has 112 valence electrons. The minimum atomic E-state index is -0.916. The van der Waals surface area contributed by atoms with Crippen molar-refractivity contribution in [3.05, 3.63) is 53.9 Å². The van der Waals surface area contributed by atoms with Gasteiger partial charge in [-0.1, -0.05) is 6.07 Å². The maximum absolute atomic E-state index is 13.4. The van der Waals surface area contributed by atoms with Gasteiger partial charge in [0.2, 0.25) is 0 Å². The first kappa shape index (κ1) is 15.0. The number of carbonyl (C=O) groups excluding carboxylic acids is 1. The molecule has 5 nitrogen and oxygen atoms in total. The van der Waals surface area contributed by atoms with Crippen molar-refractivity contribution in [2.24, 2.45) is 7.05 Å². The van der Waals surface area contributed by atoms with Crippen LogP contribution in [0.2, 0.25) is 0 Å². The maximum Gasteiger partial charge on any atom is 0.319 e. The fraction of sp³-hybridized carbons (Fsp3) is 0.214. The van der Waals surface area contributed by atoms with Crippen molar-refractivity contribution in [3.8, 4) is 0 Å². The van der Waals surface area contributed by atoms with Gasteiger partial charge in [0, 0.05) is 18.9 Å². The van der Waals surface area contributed by atoms with Crippen molar-refractivity contribution in [2.75, 3.05) is 11.9 Å². The number of anilines is 1. The summed E-state index contributed by atoms with van der Waals surface area (Å²) in [6.45, 7) is -0.0836. The largest absolute Gasteiger partial charge is 0.385 e. The van der Waals surface area contributed by atoms with E-state index in [9.17, 15) is 18.7 Å². The number of hydrogen-bond acceptors (Lipinski definition) is 2. The van der Waals surface area contributed by atoms with Crippen molar-refractivity contribution in [1.29, 1.82) is 0 Å². The van der Waals surface area contributed by atoms with Crippen LogP contribution in [0.15, 0.2) is 36.5 Å². The van der Waals surface area contributed by atoms with Crippen LogP contribution in [0.5, 0.6) is 0 Å². The Kier molecular flexibility index (Phi) is 4.54. The van der Waals surface area contributed by atoms with Crippen molar-refractivity contribution in [2.45, 2.75) is 6.10 Å². The normalized spacial score (nSPS) is 12.0. The number of aliphatic hydroxyl groups excluding tert-OH is 1. The Bertz CT molecular complexity index is 623. The topological polar surface area (TPSA) is 66.3 Å². The van der Waals surface area contributed by atoms with Crippen molar-refractivity contribution in [3.63, 3.8) is 0 Å². The van der Waals surface area contributed by atoms with E-state index in [1.807, 2.05) is 0 Å². The summed E-state index contributed by atoms with van der Waals surface area (Å²) < 4.78 is 28.4. The minimum Gasteiger partial charge on any atom is -0.385 e. The SMILES string of the molecule is Cn1cccc1C(O)CNC(=O)Nc1c(F)cccc1F. The number of aromatic nitrogens is 1. The van der Waals surface area contributed by atoms with Crippen LogP contribution in [-0.4, -0.2) is 22.2 Å². The highest BCUT2D eigenvalue weighted by molar-refractivity contribution is 5.89. The van der Waals surface area contributed by atoms with E-state index in [-0.39, 0.29) is 6.54 Å². The molecule has 0 saturated heterocycles. The zero-order chi connectivity index (χ0) is 15.4. The second-order valence-corrected chi connectivity index (χ2v) is 4.49. The van der Waals surface area contributed by atoms with Crippen LogP contribution in [-0.2, 0) is 7.05 Å². The van der Waals surface area contributed by atoms with E-state index >= 15 is 0 Å². The Labute approximate surface area is 120 Å². The standard InChI is InChI=1S/C14H15F2N3O2/c1-19-7-3-6-11(19)12(20)8-17-14(21)18-13-9(15)4-2-5-10(13)16/h2-7,12,20H,8H2,1H3,(H2,17,18,21). The number of hydrogen-bond donors (Lipinski definition) is 3. The lowest BCUT2D eigenvalue weighted by Gasteiger charge is -2.14. The van der Waals surface area contributed by atoms with Gasteiger partial charge in [-0.2, -0.15) is 0 Å². The minimum absolute atomic E-state index is 0.0836. The highest BCUT2D eigenvalue weighted by atomic mass is 19.1. The lowest BCUT2D eigenvalue weighted by Crippen LogP contribution is -2.33. The van der Waals surface area contributed by atoms with Crippen LogP contribution in [0, 0.1) is 11.6 Å². The monoisotopic (exact) mass is 295 g/mol. The van der Waals surface area contributed by atoms with Gasteiger partial charge in [-0.15, -0.1) is 0 Å². The average Bonchev–Trinajstić information content (AvgIpc) is 2.87. The summed E-state index contributed by atoms with van der Waals surface area (Å²) in [5, 5.41) is 14.3. The molecular weight excluding hydrogens is 280 g/mol. The Balaban J connectivity index is 1.92. The van der Waals surface area contributed by atoms with Gasteiger partial charge in [0.25, 0.3) is 0 Å². The summed E-state index contributed by atoms with van der Waals surface area (Å²) in [7, 11) is 1.76. The second kappa shape index (κ2) is 6.36.